The van der Waals surface area contributed by atoms with Crippen LogP contribution in [-0.2, 0) is 4.79 Å². The zero-order valence-electron chi connectivity index (χ0n) is 11.0. The molecule has 0 aliphatic heterocycles. The molecule has 18 heavy (non-hydrogen) atoms. The van der Waals surface area contributed by atoms with E-state index in [1.165, 1.54) is 0 Å². The minimum atomic E-state index is -0.778. The van der Waals surface area contributed by atoms with E-state index >= 15 is 0 Å². The van der Waals surface area contributed by atoms with Crippen LogP contribution in [0.15, 0.2) is 18.3 Å². The molecular weight excluding hydrogens is 246 g/mol. The Morgan fingerprint density at radius 3 is 2.44 bits per heavy atom. The lowest BCUT2D eigenvalue weighted by molar-refractivity contribution is -0.122. The number of amides is 1. The third-order valence-electron chi connectivity index (χ3n) is 3.28. The van der Waals surface area contributed by atoms with Crippen molar-refractivity contribution < 1.29 is 4.79 Å². The maximum absolute atomic E-state index is 12.3. The molecule has 1 amide bonds. The molecule has 1 rings (SSSR count). The van der Waals surface area contributed by atoms with Gasteiger partial charge in [-0.25, -0.2) is 0 Å². The summed E-state index contributed by atoms with van der Waals surface area (Å²) in [5, 5.41) is 2.82. The molecule has 98 valence electrons. The predicted octanol–water partition coefficient (Wildman–Crippen LogP) is 2.42. The highest BCUT2D eigenvalue weighted by Crippen LogP contribution is 2.28. The van der Waals surface area contributed by atoms with Crippen molar-refractivity contribution in [1.82, 2.24) is 4.98 Å². The van der Waals surface area contributed by atoms with Gasteiger partial charge in [0.25, 0.3) is 0 Å². The first-order valence-electron chi connectivity index (χ1n) is 6.00. The first-order valence-corrected chi connectivity index (χ1v) is 6.41. The molecule has 1 heterocycles. The van der Waals surface area contributed by atoms with Crippen LogP contribution < -0.4 is 11.1 Å². The second-order valence-corrected chi connectivity index (χ2v) is 4.74. The van der Waals surface area contributed by atoms with Crippen molar-refractivity contribution in [3.63, 3.8) is 0 Å². The van der Waals surface area contributed by atoms with E-state index in [9.17, 15) is 4.79 Å². The van der Waals surface area contributed by atoms with Gasteiger partial charge in [0.15, 0.2) is 0 Å². The van der Waals surface area contributed by atoms with Crippen molar-refractivity contribution >= 4 is 28.8 Å². The first kappa shape index (κ1) is 14.6. The summed E-state index contributed by atoms with van der Waals surface area (Å²) in [6, 6.07) is 3.66. The number of carbonyl (C=O) groups is 1. The highest BCUT2D eigenvalue weighted by molar-refractivity contribution is 7.80. The molecule has 3 N–H and O–H groups in total. The number of carbonyl (C=O) groups excluding carboxylic acids is 1. The van der Waals surface area contributed by atoms with Crippen molar-refractivity contribution in [2.24, 2.45) is 11.1 Å². The Balaban J connectivity index is 2.92. The summed E-state index contributed by atoms with van der Waals surface area (Å²) in [7, 11) is 0. The maximum atomic E-state index is 12.3. The van der Waals surface area contributed by atoms with Crippen LogP contribution in [0, 0.1) is 12.3 Å². The molecule has 0 saturated heterocycles. The smallest absolute Gasteiger partial charge is 0.237 e. The van der Waals surface area contributed by atoms with Crippen LogP contribution in [0.25, 0.3) is 0 Å². The highest BCUT2D eigenvalue weighted by atomic mass is 32.1. The zero-order valence-corrected chi connectivity index (χ0v) is 11.8. The number of nitrogens with one attached hydrogen (secondary N) is 1. The quantitative estimate of drug-likeness (QED) is 0.802. The van der Waals surface area contributed by atoms with Crippen LogP contribution in [0.3, 0.4) is 0 Å². The molecule has 0 bridgehead atoms. The van der Waals surface area contributed by atoms with E-state index in [-0.39, 0.29) is 10.9 Å². The average molecular weight is 265 g/mol. The van der Waals surface area contributed by atoms with Gasteiger partial charge in [-0.15, -0.1) is 0 Å². The Morgan fingerprint density at radius 1 is 1.44 bits per heavy atom. The summed E-state index contributed by atoms with van der Waals surface area (Å²) in [5.74, 6) is -0.161. The number of rotatable bonds is 5. The van der Waals surface area contributed by atoms with Crippen LogP contribution in [0.5, 0.6) is 0 Å². The van der Waals surface area contributed by atoms with Gasteiger partial charge in [0.05, 0.1) is 22.3 Å². The number of aromatic nitrogens is 1. The SMILES string of the molecule is CCC(CC)(C(=O)Nc1ccc(C)nc1)C(N)=S. The third kappa shape index (κ3) is 2.85. The van der Waals surface area contributed by atoms with Gasteiger partial charge in [-0.3, -0.25) is 9.78 Å². The monoisotopic (exact) mass is 265 g/mol. The number of pyridine rings is 1. The number of hydrogen-bond acceptors (Lipinski definition) is 3. The number of nitrogens with two attached hydrogens (primary N) is 1. The number of aryl methyl sites for hydroxylation is 1. The third-order valence-corrected chi connectivity index (χ3v) is 3.67. The molecule has 0 saturated carbocycles. The largest absolute Gasteiger partial charge is 0.392 e. The molecule has 0 aromatic carbocycles. The standard InChI is InChI=1S/C13H19N3OS/c1-4-13(5-2,11(14)18)12(17)16-10-7-6-9(3)15-8-10/h6-8H,4-5H2,1-3H3,(H2,14,18)(H,16,17). The molecule has 0 aliphatic rings. The molecule has 5 heteroatoms. The lowest BCUT2D eigenvalue weighted by Crippen LogP contribution is -2.45. The Hall–Kier alpha value is -1.49. The van der Waals surface area contributed by atoms with Gasteiger partial charge in [-0.05, 0) is 31.9 Å². The van der Waals surface area contributed by atoms with Gasteiger partial charge in [0, 0.05) is 5.69 Å². The van der Waals surface area contributed by atoms with Crippen LogP contribution in [0.2, 0.25) is 0 Å². The Bertz CT molecular complexity index is 438. The number of anilines is 1. The summed E-state index contributed by atoms with van der Waals surface area (Å²) in [6.07, 6.45) is 2.80. The molecule has 0 radical (unpaired) electrons. The molecule has 1 aromatic rings. The highest BCUT2D eigenvalue weighted by Gasteiger charge is 2.38. The van der Waals surface area contributed by atoms with E-state index in [0.717, 1.165) is 5.69 Å². The minimum Gasteiger partial charge on any atom is -0.392 e. The average Bonchev–Trinajstić information content (AvgIpc) is 2.34. The summed E-state index contributed by atoms with van der Waals surface area (Å²) >= 11 is 5.04. The zero-order chi connectivity index (χ0) is 13.8. The predicted molar refractivity (Wildman–Crippen MR) is 77.4 cm³/mol. The normalized spacial score (nSPS) is 11.1. The van der Waals surface area contributed by atoms with Gasteiger partial charge < -0.3 is 11.1 Å². The Morgan fingerprint density at radius 2 is 2.06 bits per heavy atom. The van der Waals surface area contributed by atoms with Gasteiger partial charge in [0.1, 0.15) is 0 Å². The molecule has 0 fully saturated rings. The topological polar surface area (TPSA) is 68.0 Å². The van der Waals surface area contributed by atoms with E-state index in [1.807, 2.05) is 32.9 Å². The van der Waals surface area contributed by atoms with Gasteiger partial charge in [-0.2, -0.15) is 0 Å². The fraction of sp³-hybridized carbons (Fsp3) is 0.462. The second-order valence-electron chi connectivity index (χ2n) is 4.30. The van der Waals surface area contributed by atoms with Crippen molar-refractivity contribution in [1.29, 1.82) is 0 Å². The molecule has 0 atom stereocenters. The number of nitrogens with zero attached hydrogens (tertiary/aromatic N) is 1. The van der Waals surface area contributed by atoms with Crippen molar-refractivity contribution in [2.75, 3.05) is 5.32 Å². The van der Waals surface area contributed by atoms with E-state index in [4.69, 9.17) is 18.0 Å². The van der Waals surface area contributed by atoms with Crippen LogP contribution >= 0.6 is 12.2 Å². The van der Waals surface area contributed by atoms with Gasteiger partial charge in [-0.1, -0.05) is 26.1 Å². The molecule has 0 aliphatic carbocycles. The van der Waals surface area contributed by atoms with Crippen LogP contribution in [0.1, 0.15) is 32.4 Å². The van der Waals surface area contributed by atoms with E-state index < -0.39 is 5.41 Å². The fourth-order valence-corrected chi connectivity index (χ4v) is 2.21. The molecule has 4 nitrogen and oxygen atoms in total. The van der Waals surface area contributed by atoms with Crippen LogP contribution in [0.4, 0.5) is 5.69 Å². The van der Waals surface area contributed by atoms with E-state index in [0.29, 0.717) is 18.5 Å². The Labute approximate surface area is 113 Å². The first-order chi connectivity index (χ1) is 8.46. The summed E-state index contributed by atoms with van der Waals surface area (Å²) in [5.41, 5.74) is 6.51. The summed E-state index contributed by atoms with van der Waals surface area (Å²) < 4.78 is 0. The lowest BCUT2D eigenvalue weighted by atomic mass is 9.81. The lowest BCUT2D eigenvalue weighted by Gasteiger charge is -2.28. The Kier molecular flexibility index (Phi) is 4.78. The molecule has 0 unspecified atom stereocenters. The second kappa shape index (κ2) is 5.91. The molecule has 1 aromatic heterocycles. The van der Waals surface area contributed by atoms with E-state index in [1.54, 1.807) is 6.20 Å². The number of thiocarbonyl (C=S) groups is 1. The number of hydrogen-bond donors (Lipinski definition) is 2. The summed E-state index contributed by atoms with van der Waals surface area (Å²) in [6.45, 7) is 5.72. The molecular formula is C13H19N3OS. The van der Waals surface area contributed by atoms with Crippen molar-refractivity contribution in [3.05, 3.63) is 24.0 Å². The fourth-order valence-electron chi connectivity index (χ4n) is 1.82. The van der Waals surface area contributed by atoms with Crippen LogP contribution in [-0.4, -0.2) is 15.9 Å². The summed E-state index contributed by atoms with van der Waals surface area (Å²) in [4.78, 5) is 16.7. The van der Waals surface area contributed by atoms with E-state index in [2.05, 4.69) is 10.3 Å². The van der Waals surface area contributed by atoms with Crippen molar-refractivity contribution in [2.45, 2.75) is 33.6 Å². The van der Waals surface area contributed by atoms with Gasteiger partial charge >= 0.3 is 0 Å². The molecule has 0 spiro atoms. The minimum absolute atomic E-state index is 0.161. The van der Waals surface area contributed by atoms with Gasteiger partial charge in [0.2, 0.25) is 5.91 Å². The maximum Gasteiger partial charge on any atom is 0.237 e. The van der Waals surface area contributed by atoms with Crippen molar-refractivity contribution in [3.8, 4) is 0 Å².